The van der Waals surface area contributed by atoms with Crippen molar-refractivity contribution in [3.8, 4) is 0 Å². The largest absolute Gasteiger partial charge is 0.466 e. The van der Waals surface area contributed by atoms with Gasteiger partial charge in [0.05, 0.1) is 29.1 Å². The van der Waals surface area contributed by atoms with E-state index in [1.807, 2.05) is 60.4 Å². The summed E-state index contributed by atoms with van der Waals surface area (Å²) in [5.74, 6) is -0.841. The number of amides is 1. The Morgan fingerprint density at radius 2 is 1.90 bits per heavy atom. The van der Waals surface area contributed by atoms with Crippen LogP contribution in [0.2, 0.25) is 0 Å². The number of hydrogen-bond acceptors (Lipinski definition) is 6. The van der Waals surface area contributed by atoms with Gasteiger partial charge in [-0.25, -0.2) is 9.78 Å². The van der Waals surface area contributed by atoms with E-state index in [2.05, 4.69) is 11.1 Å². The quantitative estimate of drug-likeness (QED) is 0.479. The van der Waals surface area contributed by atoms with Gasteiger partial charge in [0.2, 0.25) is 0 Å². The van der Waals surface area contributed by atoms with Gasteiger partial charge in [0, 0.05) is 0 Å². The summed E-state index contributed by atoms with van der Waals surface area (Å²) in [7, 11) is 1.30. The fourth-order valence-corrected chi connectivity index (χ4v) is 4.85. The van der Waals surface area contributed by atoms with Gasteiger partial charge in [0.25, 0.3) is 5.91 Å². The SMILES string of the molecule is COC(=O)/C=C1/C(=O)N(c2nc3ccccc3s2)C2C(C)=Cc3ccccc3N12. The number of methoxy groups -OCH3 is 1. The van der Waals surface area contributed by atoms with Gasteiger partial charge in [-0.2, -0.15) is 0 Å². The normalized spacial score (nSPS) is 19.4. The lowest BCUT2D eigenvalue weighted by molar-refractivity contribution is -0.135. The first-order chi connectivity index (χ1) is 14.1. The molecule has 2 aliphatic heterocycles. The Bertz CT molecular complexity index is 1190. The molecule has 29 heavy (non-hydrogen) atoms. The molecule has 2 aromatic carbocycles. The Morgan fingerprint density at radius 3 is 2.69 bits per heavy atom. The number of carbonyl (C=O) groups is 2. The van der Waals surface area contributed by atoms with Crippen molar-refractivity contribution in [1.82, 2.24) is 4.98 Å². The van der Waals surface area contributed by atoms with Crippen LogP contribution >= 0.6 is 11.3 Å². The monoisotopic (exact) mass is 403 g/mol. The predicted octanol–water partition coefficient (Wildman–Crippen LogP) is 3.95. The average Bonchev–Trinajstić information content (AvgIpc) is 3.27. The molecule has 6 nitrogen and oxygen atoms in total. The summed E-state index contributed by atoms with van der Waals surface area (Å²) in [6.07, 6.45) is 2.96. The van der Waals surface area contributed by atoms with Crippen LogP contribution in [0.5, 0.6) is 0 Å². The van der Waals surface area contributed by atoms with E-state index in [0.717, 1.165) is 27.0 Å². The van der Waals surface area contributed by atoms with Gasteiger partial charge >= 0.3 is 5.97 Å². The predicted molar refractivity (Wildman–Crippen MR) is 114 cm³/mol. The van der Waals surface area contributed by atoms with Gasteiger partial charge in [-0.1, -0.05) is 47.7 Å². The summed E-state index contributed by atoms with van der Waals surface area (Å²) >= 11 is 1.46. The summed E-state index contributed by atoms with van der Waals surface area (Å²) in [5.41, 5.74) is 3.98. The van der Waals surface area contributed by atoms with Crippen molar-refractivity contribution < 1.29 is 14.3 Å². The fourth-order valence-electron chi connectivity index (χ4n) is 3.86. The van der Waals surface area contributed by atoms with Gasteiger partial charge in [0.15, 0.2) is 5.13 Å². The molecule has 1 saturated heterocycles. The molecule has 0 spiro atoms. The number of nitrogens with zero attached hydrogens (tertiary/aromatic N) is 3. The minimum Gasteiger partial charge on any atom is -0.466 e. The van der Waals surface area contributed by atoms with Crippen LogP contribution < -0.4 is 9.80 Å². The molecule has 7 heteroatoms. The second-order valence-corrected chi connectivity index (χ2v) is 7.89. The third-order valence-electron chi connectivity index (χ3n) is 5.12. The minimum atomic E-state index is -0.567. The maximum atomic E-state index is 13.5. The van der Waals surface area contributed by atoms with Gasteiger partial charge in [-0.3, -0.25) is 9.69 Å². The van der Waals surface area contributed by atoms with E-state index in [1.54, 1.807) is 4.90 Å². The highest BCUT2D eigenvalue weighted by Crippen LogP contribution is 2.44. The number of esters is 1. The summed E-state index contributed by atoms with van der Waals surface area (Å²) in [5, 5.41) is 0.603. The first-order valence-electron chi connectivity index (χ1n) is 9.13. The van der Waals surface area contributed by atoms with E-state index in [4.69, 9.17) is 4.74 Å². The molecule has 0 aliphatic carbocycles. The minimum absolute atomic E-state index is 0.274. The Hall–Kier alpha value is -3.45. The molecule has 3 aromatic rings. The molecule has 1 aromatic heterocycles. The average molecular weight is 403 g/mol. The smallest absolute Gasteiger partial charge is 0.332 e. The van der Waals surface area contributed by atoms with Crippen molar-refractivity contribution in [3.63, 3.8) is 0 Å². The van der Waals surface area contributed by atoms with Crippen LogP contribution in [0, 0.1) is 0 Å². The van der Waals surface area contributed by atoms with Crippen molar-refractivity contribution in [1.29, 1.82) is 0 Å². The lowest BCUT2D eigenvalue weighted by atomic mass is 10.0. The second kappa shape index (κ2) is 6.56. The topological polar surface area (TPSA) is 62.7 Å². The molecule has 0 radical (unpaired) electrons. The van der Waals surface area contributed by atoms with E-state index in [9.17, 15) is 9.59 Å². The summed E-state index contributed by atoms with van der Waals surface area (Å²) in [6, 6.07) is 15.6. The number of fused-ring (bicyclic) bond motifs is 4. The van der Waals surface area contributed by atoms with E-state index in [0.29, 0.717) is 5.13 Å². The first-order valence-corrected chi connectivity index (χ1v) is 9.95. The number of ether oxygens (including phenoxy) is 1. The molecule has 1 unspecified atom stereocenters. The van der Waals surface area contributed by atoms with Gasteiger partial charge in [-0.05, 0) is 36.3 Å². The molecule has 0 bridgehead atoms. The number of aromatic nitrogens is 1. The number of carbonyl (C=O) groups excluding carboxylic acids is 2. The number of thiazole rings is 1. The number of benzene rings is 2. The standard InChI is InChI=1S/C22H17N3O3S/c1-13-11-14-7-3-5-9-16(14)24-17(12-19(26)28-2)21(27)25(20(13)24)22-23-15-8-4-6-10-18(15)29-22/h3-12,20H,1-2H3/b17-12-. The van der Waals surface area contributed by atoms with E-state index >= 15 is 0 Å². The van der Waals surface area contributed by atoms with Crippen LogP contribution in [-0.2, 0) is 14.3 Å². The number of rotatable bonds is 2. The summed E-state index contributed by atoms with van der Waals surface area (Å²) in [4.78, 5) is 33.8. The molecule has 0 N–H and O–H groups in total. The van der Waals surface area contributed by atoms with Crippen LogP contribution in [0.15, 0.2) is 65.9 Å². The van der Waals surface area contributed by atoms with Crippen molar-refractivity contribution in [2.45, 2.75) is 13.1 Å². The second-order valence-electron chi connectivity index (χ2n) is 6.88. The van der Waals surface area contributed by atoms with Gasteiger partial charge in [-0.15, -0.1) is 0 Å². The molecule has 144 valence electrons. The molecule has 2 aliphatic rings. The fraction of sp³-hybridized carbons (Fsp3) is 0.136. The molecule has 1 atom stereocenters. The number of para-hydroxylation sites is 2. The van der Waals surface area contributed by atoms with Crippen molar-refractivity contribution in [3.05, 3.63) is 71.4 Å². The van der Waals surface area contributed by atoms with Crippen LogP contribution in [-0.4, -0.2) is 30.1 Å². The summed E-state index contributed by atoms with van der Waals surface area (Å²) < 4.78 is 5.81. The highest BCUT2D eigenvalue weighted by molar-refractivity contribution is 7.22. The van der Waals surface area contributed by atoms with Crippen molar-refractivity contribution in [2.24, 2.45) is 0 Å². The highest BCUT2D eigenvalue weighted by atomic mass is 32.1. The lowest BCUT2D eigenvalue weighted by Crippen LogP contribution is -2.42. The van der Waals surface area contributed by atoms with E-state index < -0.39 is 5.97 Å². The zero-order valence-electron chi connectivity index (χ0n) is 15.8. The highest BCUT2D eigenvalue weighted by Gasteiger charge is 2.47. The third kappa shape index (κ3) is 2.66. The van der Waals surface area contributed by atoms with Crippen LogP contribution in [0.3, 0.4) is 0 Å². The maximum absolute atomic E-state index is 13.5. The molecule has 1 fully saturated rings. The molecule has 1 amide bonds. The summed E-state index contributed by atoms with van der Waals surface area (Å²) in [6.45, 7) is 1.99. The number of hydrogen-bond donors (Lipinski definition) is 0. The van der Waals surface area contributed by atoms with Crippen molar-refractivity contribution >= 4 is 50.3 Å². The maximum Gasteiger partial charge on any atom is 0.332 e. The van der Waals surface area contributed by atoms with Crippen molar-refractivity contribution in [2.75, 3.05) is 16.9 Å². The molecular formula is C22H17N3O3S. The molecule has 3 heterocycles. The van der Waals surface area contributed by atoms with Gasteiger partial charge in [0.1, 0.15) is 11.9 Å². The Labute approximate surface area is 171 Å². The van der Waals surface area contributed by atoms with Crippen LogP contribution in [0.1, 0.15) is 12.5 Å². The zero-order chi connectivity index (χ0) is 20.1. The van der Waals surface area contributed by atoms with E-state index in [1.165, 1.54) is 24.5 Å². The Kier molecular flexibility index (Phi) is 3.99. The van der Waals surface area contributed by atoms with Gasteiger partial charge < -0.3 is 9.64 Å². The van der Waals surface area contributed by atoms with E-state index in [-0.39, 0.29) is 17.8 Å². The molecule has 0 saturated carbocycles. The first kappa shape index (κ1) is 17.6. The molecule has 5 rings (SSSR count). The molecular weight excluding hydrogens is 386 g/mol. The Morgan fingerprint density at radius 1 is 1.14 bits per heavy atom. The van der Waals surface area contributed by atoms with Crippen LogP contribution in [0.25, 0.3) is 16.3 Å². The zero-order valence-corrected chi connectivity index (χ0v) is 16.6. The number of anilines is 2. The lowest BCUT2D eigenvalue weighted by Gasteiger charge is -2.34. The Balaban J connectivity index is 1.72. The van der Waals surface area contributed by atoms with Crippen LogP contribution in [0.4, 0.5) is 10.8 Å². The third-order valence-corrected chi connectivity index (χ3v) is 6.15.